The number of aromatic nitrogens is 1. The Morgan fingerprint density at radius 3 is 2.48 bits per heavy atom. The number of para-hydroxylation sites is 1. The monoisotopic (exact) mass is 343 g/mol. The van der Waals surface area contributed by atoms with Crippen LogP contribution in [0.1, 0.15) is 47.4 Å². The summed E-state index contributed by atoms with van der Waals surface area (Å²) >= 11 is 0. The van der Waals surface area contributed by atoms with Gasteiger partial charge >= 0.3 is 0 Å². The lowest BCUT2D eigenvalue weighted by Gasteiger charge is -2.35. The molecule has 1 aliphatic carbocycles. The van der Waals surface area contributed by atoms with Gasteiger partial charge in [0, 0.05) is 17.0 Å². The van der Waals surface area contributed by atoms with Crippen molar-refractivity contribution in [1.82, 2.24) is 4.57 Å². The minimum absolute atomic E-state index is 0.146. The van der Waals surface area contributed by atoms with E-state index in [2.05, 4.69) is 14.1 Å². The summed E-state index contributed by atoms with van der Waals surface area (Å²) in [6.45, 7) is 4.32. The summed E-state index contributed by atoms with van der Waals surface area (Å²) in [5.74, 6) is -0.127. The highest BCUT2D eigenvalue weighted by Crippen LogP contribution is 2.28. The van der Waals surface area contributed by atoms with Crippen LogP contribution in [-0.4, -0.2) is 41.5 Å². The minimum Gasteiger partial charge on any atom is -0.320 e. The van der Waals surface area contributed by atoms with Gasteiger partial charge in [-0.25, -0.2) is 4.39 Å². The van der Waals surface area contributed by atoms with E-state index in [0.29, 0.717) is 23.8 Å². The number of nitrogens with zero attached hydrogens (tertiary/aromatic N) is 2. The molecule has 1 fully saturated rings. The molecule has 0 radical (unpaired) electrons. The van der Waals surface area contributed by atoms with Crippen molar-refractivity contribution >= 4 is 5.78 Å². The van der Waals surface area contributed by atoms with E-state index in [4.69, 9.17) is 0 Å². The van der Waals surface area contributed by atoms with E-state index in [9.17, 15) is 9.18 Å². The van der Waals surface area contributed by atoms with Gasteiger partial charge in [-0.2, -0.15) is 0 Å². The van der Waals surface area contributed by atoms with Gasteiger partial charge in [-0.05, 0) is 57.7 Å². The van der Waals surface area contributed by atoms with Crippen molar-refractivity contribution in [2.24, 2.45) is 0 Å². The molecule has 0 unspecified atom stereocenters. The van der Waals surface area contributed by atoms with Gasteiger partial charge in [-0.3, -0.25) is 4.79 Å². The Hall–Kier alpha value is -1.94. The Morgan fingerprint density at radius 2 is 1.84 bits per heavy atom. The molecule has 0 atom stereocenters. The summed E-state index contributed by atoms with van der Waals surface area (Å²) < 4.78 is 16.8. The molecule has 2 aromatic rings. The number of halogens is 1. The number of benzene rings is 1. The van der Waals surface area contributed by atoms with Gasteiger partial charge in [-0.15, -0.1) is 0 Å². The van der Waals surface area contributed by atoms with Crippen molar-refractivity contribution in [2.45, 2.75) is 45.6 Å². The molecule has 3 rings (SSSR count). The number of carbonyl (C=O) groups excluding carboxylic acids is 1. The molecular formula is C21H28FN2O+. The van der Waals surface area contributed by atoms with Crippen LogP contribution in [0.15, 0.2) is 30.3 Å². The van der Waals surface area contributed by atoms with Gasteiger partial charge in [0.05, 0.1) is 25.8 Å². The second-order valence-electron chi connectivity index (χ2n) is 7.87. The fourth-order valence-electron chi connectivity index (χ4n) is 4.24. The molecule has 1 saturated carbocycles. The Kier molecular flexibility index (Phi) is 4.83. The summed E-state index contributed by atoms with van der Waals surface area (Å²) in [6, 6.07) is 9.18. The van der Waals surface area contributed by atoms with Gasteiger partial charge in [0.1, 0.15) is 12.4 Å². The number of carbonyl (C=O) groups is 1. The number of quaternary nitrogens is 1. The van der Waals surface area contributed by atoms with Crippen LogP contribution in [-0.2, 0) is 0 Å². The van der Waals surface area contributed by atoms with Gasteiger partial charge in [-0.1, -0.05) is 12.1 Å². The molecule has 1 aromatic heterocycles. The normalized spacial score (nSPS) is 15.7. The summed E-state index contributed by atoms with van der Waals surface area (Å²) in [6.07, 6.45) is 4.94. The Morgan fingerprint density at radius 1 is 1.20 bits per heavy atom. The van der Waals surface area contributed by atoms with E-state index >= 15 is 0 Å². The van der Waals surface area contributed by atoms with E-state index in [0.717, 1.165) is 15.9 Å². The van der Waals surface area contributed by atoms with E-state index in [1.54, 1.807) is 12.1 Å². The first-order valence-electron chi connectivity index (χ1n) is 9.11. The van der Waals surface area contributed by atoms with Crippen LogP contribution in [0.4, 0.5) is 4.39 Å². The zero-order chi connectivity index (χ0) is 18.2. The third-order valence-corrected chi connectivity index (χ3v) is 5.69. The van der Waals surface area contributed by atoms with Crippen molar-refractivity contribution < 1.29 is 13.7 Å². The molecule has 4 heteroatoms. The van der Waals surface area contributed by atoms with Crippen LogP contribution in [0.25, 0.3) is 5.69 Å². The number of hydrogen-bond acceptors (Lipinski definition) is 1. The first-order valence-corrected chi connectivity index (χ1v) is 9.11. The zero-order valence-corrected chi connectivity index (χ0v) is 15.7. The second-order valence-corrected chi connectivity index (χ2v) is 7.87. The van der Waals surface area contributed by atoms with E-state index < -0.39 is 0 Å². The molecule has 1 aliphatic rings. The number of aryl methyl sites for hydroxylation is 1. The SMILES string of the molecule is Cc1cc(C(=O)C[N+](C)(C)C2CCCC2)c(C)n1-c1ccccc1F. The summed E-state index contributed by atoms with van der Waals surface area (Å²) in [5, 5.41) is 0. The minimum atomic E-state index is -0.273. The van der Waals surface area contributed by atoms with Crippen LogP contribution >= 0.6 is 0 Å². The number of likely N-dealkylation sites (N-methyl/N-ethyl adjacent to an activating group) is 1. The average molecular weight is 343 g/mol. The number of rotatable bonds is 5. The highest BCUT2D eigenvalue weighted by Gasteiger charge is 2.34. The zero-order valence-electron chi connectivity index (χ0n) is 15.7. The molecule has 134 valence electrons. The van der Waals surface area contributed by atoms with Crippen LogP contribution in [0.2, 0.25) is 0 Å². The van der Waals surface area contributed by atoms with Gasteiger partial charge < -0.3 is 9.05 Å². The van der Waals surface area contributed by atoms with Crippen LogP contribution in [0.5, 0.6) is 0 Å². The lowest BCUT2D eigenvalue weighted by atomic mass is 10.1. The third-order valence-electron chi connectivity index (χ3n) is 5.69. The maximum Gasteiger partial charge on any atom is 0.218 e. The summed E-state index contributed by atoms with van der Waals surface area (Å²) in [4.78, 5) is 13.0. The smallest absolute Gasteiger partial charge is 0.218 e. The molecule has 0 saturated heterocycles. The van der Waals surface area contributed by atoms with Crippen molar-refractivity contribution in [3.8, 4) is 5.69 Å². The maximum absolute atomic E-state index is 14.2. The summed E-state index contributed by atoms with van der Waals surface area (Å²) in [7, 11) is 4.31. The molecule has 1 heterocycles. The predicted molar refractivity (Wildman–Crippen MR) is 98.8 cm³/mol. The predicted octanol–water partition coefficient (Wildman–Crippen LogP) is 4.43. The van der Waals surface area contributed by atoms with Gasteiger partial charge in [0.25, 0.3) is 0 Å². The summed E-state index contributed by atoms with van der Waals surface area (Å²) in [5.41, 5.74) is 2.92. The standard InChI is InChI=1S/C21H28FN2O/c1-15-13-18(16(2)23(15)20-12-8-7-11-19(20)22)21(25)14-24(3,4)17-9-5-6-10-17/h7-8,11-13,17H,5-6,9-10,14H2,1-4H3/q+1. The van der Waals surface area contributed by atoms with Crippen molar-refractivity contribution in [3.63, 3.8) is 0 Å². The fraction of sp³-hybridized carbons (Fsp3) is 0.476. The van der Waals surface area contributed by atoms with Gasteiger partial charge in [0.2, 0.25) is 5.78 Å². The van der Waals surface area contributed by atoms with Crippen molar-refractivity contribution in [3.05, 3.63) is 53.1 Å². The number of hydrogen-bond donors (Lipinski definition) is 0. The maximum atomic E-state index is 14.2. The molecule has 0 amide bonds. The Bertz CT molecular complexity index is 785. The van der Waals surface area contributed by atoms with Crippen LogP contribution < -0.4 is 0 Å². The van der Waals surface area contributed by atoms with Crippen molar-refractivity contribution in [1.29, 1.82) is 0 Å². The molecule has 1 aromatic carbocycles. The van der Waals surface area contributed by atoms with Crippen molar-refractivity contribution in [2.75, 3.05) is 20.6 Å². The van der Waals surface area contributed by atoms with Gasteiger partial charge in [0.15, 0.2) is 0 Å². The lowest BCUT2D eigenvalue weighted by Crippen LogP contribution is -2.50. The molecule has 0 spiro atoms. The molecule has 0 bridgehead atoms. The number of ketones is 1. The molecular weight excluding hydrogens is 315 g/mol. The van der Waals surface area contributed by atoms with Crippen LogP contribution in [0, 0.1) is 19.7 Å². The molecule has 0 N–H and O–H groups in total. The highest BCUT2D eigenvalue weighted by atomic mass is 19.1. The topological polar surface area (TPSA) is 22.0 Å². The molecule has 3 nitrogen and oxygen atoms in total. The largest absolute Gasteiger partial charge is 0.320 e. The highest BCUT2D eigenvalue weighted by molar-refractivity contribution is 5.98. The fourth-order valence-corrected chi connectivity index (χ4v) is 4.24. The van der Waals surface area contributed by atoms with E-state index in [1.807, 2.05) is 30.5 Å². The van der Waals surface area contributed by atoms with Crippen LogP contribution in [0.3, 0.4) is 0 Å². The molecule has 0 aliphatic heterocycles. The second kappa shape index (κ2) is 6.75. The average Bonchev–Trinajstić information content (AvgIpc) is 3.17. The first-order chi connectivity index (χ1) is 11.8. The quantitative estimate of drug-likeness (QED) is 0.581. The Balaban J connectivity index is 1.90. The van der Waals surface area contributed by atoms with E-state index in [-0.39, 0.29) is 11.6 Å². The molecule has 25 heavy (non-hydrogen) atoms. The third kappa shape index (κ3) is 3.40. The van der Waals surface area contributed by atoms with E-state index in [1.165, 1.54) is 31.7 Å². The lowest BCUT2D eigenvalue weighted by molar-refractivity contribution is -0.906. The first kappa shape index (κ1) is 17.9. The Labute approximate surface area is 149 Å². The number of Topliss-reactive ketones (excluding diaryl/α,β-unsaturated/α-hetero) is 1.